The molecule has 2 N–H and O–H groups in total. The van der Waals surface area contributed by atoms with Crippen LogP contribution in [0.2, 0.25) is 0 Å². The minimum Gasteiger partial charge on any atom is -0.433 e. The molecule has 6 heteroatoms. The Balaban J connectivity index is 1.97. The van der Waals surface area contributed by atoms with E-state index in [1.165, 1.54) is 6.07 Å². The molecule has 0 fully saturated rings. The first-order chi connectivity index (χ1) is 15.1. The largest absolute Gasteiger partial charge is 0.433 e. The molecule has 0 saturated carbocycles. The van der Waals surface area contributed by atoms with E-state index in [0.717, 1.165) is 16.7 Å². The summed E-state index contributed by atoms with van der Waals surface area (Å²) in [4.78, 5) is 11.6. The summed E-state index contributed by atoms with van der Waals surface area (Å²) in [6.45, 7) is -0.757. The predicted octanol–water partition coefficient (Wildman–Crippen LogP) is 5.56. The SMILES string of the molecule is CCC(=O)NCCc1cccc(OC(F)F)c1NC(c1ccccc1)c1ccccc1. The van der Waals surface area contributed by atoms with E-state index in [4.69, 9.17) is 4.74 Å². The fourth-order valence-electron chi connectivity index (χ4n) is 3.40. The average molecular weight is 424 g/mol. The number of hydrogen-bond donors (Lipinski definition) is 2. The van der Waals surface area contributed by atoms with Crippen molar-refractivity contribution in [3.63, 3.8) is 0 Å². The van der Waals surface area contributed by atoms with Crippen molar-refractivity contribution in [2.75, 3.05) is 11.9 Å². The lowest BCUT2D eigenvalue weighted by molar-refractivity contribution is -0.120. The number of amides is 1. The second-order valence-electron chi connectivity index (χ2n) is 7.02. The zero-order chi connectivity index (χ0) is 22.1. The molecule has 4 nitrogen and oxygen atoms in total. The highest BCUT2D eigenvalue weighted by Crippen LogP contribution is 2.35. The molecule has 0 aliphatic rings. The first-order valence-corrected chi connectivity index (χ1v) is 10.3. The number of halogens is 2. The van der Waals surface area contributed by atoms with E-state index in [2.05, 4.69) is 10.6 Å². The Kier molecular flexibility index (Phi) is 7.98. The van der Waals surface area contributed by atoms with E-state index in [1.807, 2.05) is 66.7 Å². The first-order valence-electron chi connectivity index (χ1n) is 10.3. The van der Waals surface area contributed by atoms with Crippen molar-refractivity contribution >= 4 is 11.6 Å². The molecule has 0 aromatic heterocycles. The fourth-order valence-corrected chi connectivity index (χ4v) is 3.40. The molecule has 0 heterocycles. The molecule has 162 valence electrons. The second kappa shape index (κ2) is 11.1. The van der Waals surface area contributed by atoms with Crippen LogP contribution in [0.25, 0.3) is 0 Å². The summed E-state index contributed by atoms with van der Waals surface area (Å²) in [5.41, 5.74) is 3.26. The average Bonchev–Trinajstić information content (AvgIpc) is 2.79. The number of hydrogen-bond acceptors (Lipinski definition) is 3. The number of para-hydroxylation sites is 1. The number of ether oxygens (including phenoxy) is 1. The Labute approximate surface area is 181 Å². The van der Waals surface area contributed by atoms with Crippen molar-refractivity contribution in [2.24, 2.45) is 0 Å². The summed E-state index contributed by atoms with van der Waals surface area (Å²) < 4.78 is 31.0. The van der Waals surface area contributed by atoms with E-state index in [1.54, 1.807) is 13.0 Å². The summed E-state index contributed by atoms with van der Waals surface area (Å²) in [5, 5.41) is 6.26. The number of benzene rings is 3. The van der Waals surface area contributed by atoms with Crippen molar-refractivity contribution in [3.8, 4) is 5.75 Å². The Bertz CT molecular complexity index is 926. The molecule has 3 aromatic carbocycles. The minimum absolute atomic E-state index is 0.0547. The van der Waals surface area contributed by atoms with Crippen LogP contribution in [0, 0.1) is 0 Å². The lowest BCUT2D eigenvalue weighted by Crippen LogP contribution is -2.25. The first kappa shape index (κ1) is 22.3. The lowest BCUT2D eigenvalue weighted by Gasteiger charge is -2.25. The highest BCUT2D eigenvalue weighted by molar-refractivity contribution is 5.75. The second-order valence-corrected chi connectivity index (χ2v) is 7.02. The molecular weight excluding hydrogens is 398 g/mol. The number of anilines is 1. The smallest absolute Gasteiger partial charge is 0.387 e. The summed E-state index contributed by atoms with van der Waals surface area (Å²) in [6.07, 6.45) is 0.870. The molecule has 1 amide bonds. The predicted molar refractivity (Wildman–Crippen MR) is 118 cm³/mol. The van der Waals surface area contributed by atoms with Gasteiger partial charge in [0.15, 0.2) is 0 Å². The topological polar surface area (TPSA) is 50.4 Å². The quantitative estimate of drug-likeness (QED) is 0.448. The van der Waals surface area contributed by atoms with Crippen molar-refractivity contribution in [3.05, 3.63) is 95.6 Å². The number of nitrogens with one attached hydrogen (secondary N) is 2. The van der Waals surface area contributed by atoms with Gasteiger partial charge in [-0.15, -0.1) is 0 Å². The van der Waals surface area contributed by atoms with Crippen LogP contribution in [0.3, 0.4) is 0 Å². The Morgan fingerprint density at radius 1 is 0.903 bits per heavy atom. The highest BCUT2D eigenvalue weighted by Gasteiger charge is 2.20. The maximum atomic E-state index is 13.1. The molecule has 3 rings (SSSR count). The molecule has 0 bridgehead atoms. The van der Waals surface area contributed by atoms with Gasteiger partial charge in [-0.1, -0.05) is 79.7 Å². The molecule has 0 aliphatic heterocycles. The summed E-state index contributed by atoms with van der Waals surface area (Å²) in [7, 11) is 0. The summed E-state index contributed by atoms with van der Waals surface area (Å²) in [6, 6.07) is 24.4. The van der Waals surface area contributed by atoms with E-state index in [9.17, 15) is 13.6 Å². The molecule has 0 radical (unpaired) electrons. The molecule has 0 atom stereocenters. The van der Waals surface area contributed by atoms with Gasteiger partial charge in [-0.2, -0.15) is 8.78 Å². The van der Waals surface area contributed by atoms with Gasteiger partial charge in [0, 0.05) is 13.0 Å². The standard InChI is InChI=1S/C25H26F2N2O2/c1-2-22(30)28-17-16-20-14-9-15-21(31-25(26)27)24(20)29-23(18-10-5-3-6-11-18)19-12-7-4-8-13-19/h3-15,23,25,29H,2,16-17H2,1H3,(H,28,30). The van der Waals surface area contributed by atoms with E-state index in [-0.39, 0.29) is 17.7 Å². The maximum absolute atomic E-state index is 13.1. The minimum atomic E-state index is -2.94. The van der Waals surface area contributed by atoms with Gasteiger partial charge in [0.2, 0.25) is 5.91 Å². The highest BCUT2D eigenvalue weighted by atomic mass is 19.3. The monoisotopic (exact) mass is 424 g/mol. The van der Waals surface area contributed by atoms with Crippen LogP contribution in [0.4, 0.5) is 14.5 Å². The molecule has 0 saturated heterocycles. The van der Waals surface area contributed by atoms with Gasteiger partial charge < -0.3 is 15.4 Å². The van der Waals surface area contributed by atoms with Crippen LogP contribution in [0.1, 0.15) is 36.1 Å². The van der Waals surface area contributed by atoms with Crippen molar-refractivity contribution in [2.45, 2.75) is 32.4 Å². The lowest BCUT2D eigenvalue weighted by atomic mass is 9.97. The molecule has 0 unspecified atom stereocenters. The van der Waals surface area contributed by atoms with Gasteiger partial charge in [0.25, 0.3) is 0 Å². The van der Waals surface area contributed by atoms with E-state index in [0.29, 0.717) is 25.1 Å². The van der Waals surface area contributed by atoms with Gasteiger partial charge in [-0.05, 0) is 29.2 Å². The molecule has 3 aromatic rings. The van der Waals surface area contributed by atoms with Crippen LogP contribution >= 0.6 is 0 Å². The zero-order valence-electron chi connectivity index (χ0n) is 17.4. The maximum Gasteiger partial charge on any atom is 0.387 e. The van der Waals surface area contributed by atoms with E-state index >= 15 is 0 Å². The number of alkyl halides is 2. The Hall–Kier alpha value is -3.41. The summed E-state index contributed by atoms with van der Waals surface area (Å²) in [5.74, 6) is 0.0205. The Morgan fingerprint density at radius 3 is 2.06 bits per heavy atom. The van der Waals surface area contributed by atoms with Crippen LogP contribution in [-0.2, 0) is 11.2 Å². The van der Waals surface area contributed by atoms with Gasteiger partial charge >= 0.3 is 6.61 Å². The third-order valence-electron chi connectivity index (χ3n) is 4.92. The number of carbonyl (C=O) groups is 1. The third-order valence-corrected chi connectivity index (χ3v) is 4.92. The zero-order valence-corrected chi connectivity index (χ0v) is 17.4. The van der Waals surface area contributed by atoms with Crippen molar-refractivity contribution in [1.82, 2.24) is 5.32 Å². The summed E-state index contributed by atoms with van der Waals surface area (Å²) >= 11 is 0. The molecule has 0 spiro atoms. The number of rotatable bonds is 10. The van der Waals surface area contributed by atoms with Gasteiger partial charge in [0.05, 0.1) is 11.7 Å². The van der Waals surface area contributed by atoms with E-state index < -0.39 is 6.61 Å². The van der Waals surface area contributed by atoms with Crippen molar-refractivity contribution in [1.29, 1.82) is 0 Å². The third kappa shape index (κ3) is 6.28. The van der Waals surface area contributed by atoms with Gasteiger partial charge in [-0.3, -0.25) is 4.79 Å². The molecule has 0 aliphatic carbocycles. The normalized spacial score (nSPS) is 10.9. The fraction of sp³-hybridized carbons (Fsp3) is 0.240. The Morgan fingerprint density at radius 2 is 1.52 bits per heavy atom. The van der Waals surface area contributed by atoms with Crippen LogP contribution in [-0.4, -0.2) is 19.1 Å². The van der Waals surface area contributed by atoms with Gasteiger partial charge in [0.1, 0.15) is 5.75 Å². The number of carbonyl (C=O) groups excluding carboxylic acids is 1. The van der Waals surface area contributed by atoms with Crippen LogP contribution in [0.15, 0.2) is 78.9 Å². The molecule has 31 heavy (non-hydrogen) atoms. The van der Waals surface area contributed by atoms with Gasteiger partial charge in [-0.25, -0.2) is 0 Å². The van der Waals surface area contributed by atoms with Crippen LogP contribution in [0.5, 0.6) is 5.75 Å². The van der Waals surface area contributed by atoms with Crippen LogP contribution < -0.4 is 15.4 Å². The molecular formula is C25H26F2N2O2. The van der Waals surface area contributed by atoms with Crippen molar-refractivity contribution < 1.29 is 18.3 Å².